The molecule has 7 heteroatoms. The number of likely N-dealkylation sites (tertiary alicyclic amines) is 1. The molecule has 0 atom stereocenters. The van der Waals surface area contributed by atoms with E-state index in [4.69, 9.17) is 14.0 Å². The molecule has 1 aliphatic heterocycles. The van der Waals surface area contributed by atoms with Crippen LogP contribution in [0.25, 0.3) is 17.5 Å². The largest absolute Gasteiger partial charge is 0.493 e. The molecule has 0 radical (unpaired) electrons. The maximum Gasteiger partial charge on any atom is 0.246 e. The fraction of sp³-hybridized carbons (Fsp3) is 0.292. The van der Waals surface area contributed by atoms with E-state index in [2.05, 4.69) is 10.1 Å². The van der Waals surface area contributed by atoms with Crippen LogP contribution in [-0.2, 0) is 4.79 Å². The molecule has 0 saturated carbocycles. The first kappa shape index (κ1) is 20.7. The molecular formula is C24H25N3O4. The fourth-order valence-corrected chi connectivity index (χ4v) is 3.68. The lowest BCUT2D eigenvalue weighted by Gasteiger charge is -2.29. The number of ether oxygens (including phenoxy) is 2. The first-order chi connectivity index (χ1) is 15.2. The molecule has 1 saturated heterocycles. The van der Waals surface area contributed by atoms with Gasteiger partial charge in [-0.05, 0) is 36.6 Å². The number of hydrogen-bond acceptors (Lipinski definition) is 6. The van der Waals surface area contributed by atoms with Crippen molar-refractivity contribution in [3.05, 3.63) is 66.1 Å². The summed E-state index contributed by atoms with van der Waals surface area (Å²) in [4.78, 5) is 19.0. The topological polar surface area (TPSA) is 77.7 Å². The van der Waals surface area contributed by atoms with Crippen LogP contribution in [0.15, 0.2) is 59.1 Å². The number of hydrogen-bond donors (Lipinski definition) is 0. The molecule has 7 nitrogen and oxygen atoms in total. The molecule has 0 N–H and O–H groups in total. The van der Waals surface area contributed by atoms with Crippen molar-refractivity contribution in [3.63, 3.8) is 0 Å². The van der Waals surface area contributed by atoms with Crippen LogP contribution in [-0.4, -0.2) is 48.3 Å². The zero-order valence-electron chi connectivity index (χ0n) is 17.7. The summed E-state index contributed by atoms with van der Waals surface area (Å²) in [5, 5.41) is 4.11. The highest BCUT2D eigenvalue weighted by atomic mass is 16.5. The van der Waals surface area contributed by atoms with Gasteiger partial charge in [-0.15, -0.1) is 0 Å². The lowest BCUT2D eigenvalue weighted by Crippen LogP contribution is -2.36. The quantitative estimate of drug-likeness (QED) is 0.558. The number of piperidine rings is 1. The molecule has 1 fully saturated rings. The number of aromatic nitrogens is 2. The first-order valence-corrected chi connectivity index (χ1v) is 10.3. The van der Waals surface area contributed by atoms with Crippen LogP contribution >= 0.6 is 0 Å². The summed E-state index contributed by atoms with van der Waals surface area (Å²) in [7, 11) is 3.18. The molecule has 2 heterocycles. The van der Waals surface area contributed by atoms with Gasteiger partial charge in [0.1, 0.15) is 0 Å². The van der Waals surface area contributed by atoms with Crippen molar-refractivity contribution in [2.24, 2.45) is 0 Å². The molecule has 0 bridgehead atoms. The number of carbonyl (C=O) groups is 1. The molecule has 1 amide bonds. The second kappa shape index (κ2) is 9.47. The standard InChI is InChI=1S/C24H25N3O4/c1-29-20-10-8-17(16-21(20)30-2)9-11-22(28)27-14-12-19(13-15-27)24-25-23(26-31-24)18-6-4-3-5-7-18/h3-11,16,19H,12-15H2,1-2H3. The Kier molecular flexibility index (Phi) is 6.31. The monoisotopic (exact) mass is 419 g/mol. The highest BCUT2D eigenvalue weighted by Gasteiger charge is 2.27. The second-order valence-corrected chi connectivity index (χ2v) is 7.37. The minimum atomic E-state index is -0.0104. The summed E-state index contributed by atoms with van der Waals surface area (Å²) in [6, 6.07) is 15.3. The Morgan fingerprint density at radius 1 is 1.06 bits per heavy atom. The van der Waals surface area contributed by atoms with Gasteiger partial charge in [-0.2, -0.15) is 4.98 Å². The van der Waals surface area contributed by atoms with Crippen molar-refractivity contribution < 1.29 is 18.8 Å². The van der Waals surface area contributed by atoms with Crippen LogP contribution in [0.3, 0.4) is 0 Å². The molecule has 3 aromatic rings. The van der Waals surface area contributed by atoms with E-state index in [0.717, 1.165) is 24.0 Å². The van der Waals surface area contributed by atoms with Crippen LogP contribution in [0.2, 0.25) is 0 Å². The molecule has 1 aromatic heterocycles. The molecule has 160 valence electrons. The third kappa shape index (κ3) is 4.77. The summed E-state index contributed by atoms with van der Waals surface area (Å²) in [5.41, 5.74) is 1.81. The van der Waals surface area contributed by atoms with Gasteiger partial charge < -0.3 is 18.9 Å². The molecule has 2 aromatic carbocycles. The van der Waals surface area contributed by atoms with Crippen molar-refractivity contribution in [1.82, 2.24) is 15.0 Å². The molecule has 1 aliphatic rings. The average Bonchev–Trinajstić information content (AvgIpc) is 3.33. The minimum absolute atomic E-state index is 0.0104. The van der Waals surface area contributed by atoms with Gasteiger partial charge in [0.25, 0.3) is 0 Å². The normalized spacial score (nSPS) is 14.7. The molecule has 0 unspecified atom stereocenters. The van der Waals surface area contributed by atoms with Crippen molar-refractivity contribution in [3.8, 4) is 22.9 Å². The maximum atomic E-state index is 12.6. The summed E-state index contributed by atoms with van der Waals surface area (Å²) in [6.07, 6.45) is 4.99. The smallest absolute Gasteiger partial charge is 0.246 e. The summed E-state index contributed by atoms with van der Waals surface area (Å²) in [6.45, 7) is 1.31. The number of methoxy groups -OCH3 is 2. The average molecular weight is 419 g/mol. The van der Waals surface area contributed by atoms with E-state index in [1.54, 1.807) is 26.4 Å². The van der Waals surface area contributed by atoms with Gasteiger partial charge in [0.2, 0.25) is 17.6 Å². The third-order valence-electron chi connectivity index (χ3n) is 5.46. The van der Waals surface area contributed by atoms with Crippen LogP contribution in [0.5, 0.6) is 11.5 Å². The molecule has 31 heavy (non-hydrogen) atoms. The molecule has 4 rings (SSSR count). The van der Waals surface area contributed by atoms with Gasteiger partial charge >= 0.3 is 0 Å². The summed E-state index contributed by atoms with van der Waals surface area (Å²) in [5.74, 6) is 2.70. The van der Waals surface area contributed by atoms with Crippen LogP contribution in [0.1, 0.15) is 30.2 Å². The van der Waals surface area contributed by atoms with Gasteiger partial charge in [-0.1, -0.05) is 41.6 Å². The third-order valence-corrected chi connectivity index (χ3v) is 5.46. The summed E-state index contributed by atoms with van der Waals surface area (Å²) >= 11 is 0. The fourth-order valence-electron chi connectivity index (χ4n) is 3.68. The van der Waals surface area contributed by atoms with E-state index >= 15 is 0 Å². The summed E-state index contributed by atoms with van der Waals surface area (Å²) < 4.78 is 16.1. The van der Waals surface area contributed by atoms with Crippen LogP contribution in [0, 0.1) is 0 Å². The van der Waals surface area contributed by atoms with Gasteiger partial charge in [0, 0.05) is 30.6 Å². The number of nitrogens with zero attached hydrogens (tertiary/aromatic N) is 3. The van der Waals surface area contributed by atoms with Crippen molar-refractivity contribution in [2.45, 2.75) is 18.8 Å². The van der Waals surface area contributed by atoms with E-state index in [0.29, 0.717) is 36.3 Å². The van der Waals surface area contributed by atoms with Gasteiger partial charge in [-0.3, -0.25) is 4.79 Å². The number of benzene rings is 2. The van der Waals surface area contributed by atoms with E-state index in [1.807, 2.05) is 53.4 Å². The van der Waals surface area contributed by atoms with E-state index in [1.165, 1.54) is 0 Å². The van der Waals surface area contributed by atoms with Gasteiger partial charge in [0.05, 0.1) is 14.2 Å². The van der Waals surface area contributed by atoms with Gasteiger partial charge in [-0.25, -0.2) is 0 Å². The number of carbonyl (C=O) groups excluding carboxylic acids is 1. The lowest BCUT2D eigenvalue weighted by atomic mass is 9.96. The van der Waals surface area contributed by atoms with Crippen molar-refractivity contribution in [2.75, 3.05) is 27.3 Å². The highest BCUT2D eigenvalue weighted by molar-refractivity contribution is 5.92. The van der Waals surface area contributed by atoms with Crippen molar-refractivity contribution in [1.29, 1.82) is 0 Å². The predicted molar refractivity (Wildman–Crippen MR) is 117 cm³/mol. The van der Waals surface area contributed by atoms with Gasteiger partial charge in [0.15, 0.2) is 11.5 Å². The maximum absolute atomic E-state index is 12.6. The lowest BCUT2D eigenvalue weighted by molar-refractivity contribution is -0.127. The Balaban J connectivity index is 1.34. The second-order valence-electron chi connectivity index (χ2n) is 7.37. The molecular weight excluding hydrogens is 394 g/mol. The Bertz CT molecular complexity index is 1050. The van der Waals surface area contributed by atoms with Crippen LogP contribution in [0.4, 0.5) is 0 Å². The van der Waals surface area contributed by atoms with E-state index in [-0.39, 0.29) is 11.8 Å². The zero-order chi connectivity index (χ0) is 21.6. The van der Waals surface area contributed by atoms with Crippen molar-refractivity contribution >= 4 is 12.0 Å². The molecule has 0 spiro atoms. The Hall–Kier alpha value is -3.61. The zero-order valence-corrected chi connectivity index (χ0v) is 17.7. The van der Waals surface area contributed by atoms with E-state index in [9.17, 15) is 4.79 Å². The van der Waals surface area contributed by atoms with E-state index < -0.39 is 0 Å². The minimum Gasteiger partial charge on any atom is -0.493 e. The Labute approximate surface area is 181 Å². The molecule has 0 aliphatic carbocycles. The highest BCUT2D eigenvalue weighted by Crippen LogP contribution is 2.30. The predicted octanol–water partition coefficient (Wildman–Crippen LogP) is 4.17. The van der Waals surface area contributed by atoms with Crippen LogP contribution < -0.4 is 9.47 Å². The number of rotatable bonds is 6. The Morgan fingerprint density at radius 3 is 2.52 bits per heavy atom. The Morgan fingerprint density at radius 2 is 1.81 bits per heavy atom. The SMILES string of the molecule is COc1ccc(C=CC(=O)N2CCC(c3nc(-c4ccccc4)no3)CC2)cc1OC. The first-order valence-electron chi connectivity index (χ1n) is 10.3. The number of amides is 1.